The van der Waals surface area contributed by atoms with Gasteiger partial charge in [-0.3, -0.25) is 4.99 Å². The second kappa shape index (κ2) is 11.5. The maximum Gasteiger partial charge on any atom is 0.191 e. The van der Waals surface area contributed by atoms with E-state index in [0.717, 1.165) is 48.9 Å². The Hall–Kier alpha value is -2.07. The van der Waals surface area contributed by atoms with Crippen LogP contribution in [0.25, 0.3) is 0 Å². The second-order valence-electron chi connectivity index (χ2n) is 7.59. The summed E-state index contributed by atoms with van der Waals surface area (Å²) in [4.78, 5) is 7.10. The molecule has 31 heavy (non-hydrogen) atoms. The van der Waals surface area contributed by atoms with Crippen molar-refractivity contribution in [3.05, 3.63) is 59.4 Å². The fourth-order valence-electron chi connectivity index (χ4n) is 4.00. The summed E-state index contributed by atoms with van der Waals surface area (Å²) in [6, 6.07) is 13.8. The van der Waals surface area contributed by atoms with Crippen LogP contribution in [-0.4, -0.2) is 45.0 Å². The first-order chi connectivity index (χ1) is 14.7. The van der Waals surface area contributed by atoms with Crippen molar-refractivity contribution < 1.29 is 13.9 Å². The topological polar surface area (TPSA) is 58.1 Å². The molecule has 0 bridgehead atoms. The Bertz CT molecular complexity index is 881. The number of para-hydroxylation sites is 1. The van der Waals surface area contributed by atoms with E-state index in [1.807, 2.05) is 6.07 Å². The average Bonchev–Trinajstić information content (AvgIpc) is 3.23. The summed E-state index contributed by atoms with van der Waals surface area (Å²) in [5, 5.41) is 6.87. The highest BCUT2D eigenvalue weighted by atomic mass is 127. The third kappa shape index (κ3) is 6.22. The molecule has 2 aromatic carbocycles. The van der Waals surface area contributed by atoms with Crippen LogP contribution in [0.3, 0.4) is 0 Å². The number of guanidine groups is 1. The summed E-state index contributed by atoms with van der Waals surface area (Å²) in [5.41, 5.74) is 2.85. The summed E-state index contributed by atoms with van der Waals surface area (Å²) >= 11 is 0. The van der Waals surface area contributed by atoms with Crippen molar-refractivity contribution in [3.63, 3.8) is 0 Å². The summed E-state index contributed by atoms with van der Waals surface area (Å²) in [6.45, 7) is 5.95. The number of hydrogen-bond donors (Lipinski definition) is 2. The molecule has 2 heterocycles. The Kier molecular flexibility index (Phi) is 8.77. The van der Waals surface area contributed by atoms with Gasteiger partial charge in [0.2, 0.25) is 0 Å². The lowest BCUT2D eigenvalue weighted by Gasteiger charge is -2.21. The van der Waals surface area contributed by atoms with Gasteiger partial charge in [-0.05, 0) is 49.6 Å². The third-order valence-electron chi connectivity index (χ3n) is 5.40. The van der Waals surface area contributed by atoms with Gasteiger partial charge in [0.25, 0.3) is 0 Å². The third-order valence-corrected chi connectivity index (χ3v) is 5.40. The maximum absolute atomic E-state index is 13.9. The lowest BCUT2D eigenvalue weighted by molar-refractivity contribution is -0.0172. The van der Waals surface area contributed by atoms with Gasteiger partial charge in [-0.1, -0.05) is 18.2 Å². The number of nitrogens with zero attached hydrogens (tertiary/aromatic N) is 2. The Morgan fingerprint density at radius 3 is 2.90 bits per heavy atom. The number of nitrogens with one attached hydrogen (secondary N) is 2. The van der Waals surface area contributed by atoms with E-state index >= 15 is 0 Å². The first-order valence-corrected chi connectivity index (χ1v) is 10.6. The Morgan fingerprint density at radius 2 is 2.10 bits per heavy atom. The fourth-order valence-corrected chi connectivity index (χ4v) is 4.00. The maximum atomic E-state index is 13.9. The molecule has 2 aliphatic heterocycles. The molecule has 4 rings (SSSR count). The highest BCUT2D eigenvalue weighted by molar-refractivity contribution is 14.0. The van der Waals surface area contributed by atoms with E-state index in [0.29, 0.717) is 25.6 Å². The number of ether oxygens (including phenoxy) is 2. The predicted molar refractivity (Wildman–Crippen MR) is 132 cm³/mol. The molecule has 2 aromatic rings. The smallest absolute Gasteiger partial charge is 0.191 e. The van der Waals surface area contributed by atoms with E-state index in [9.17, 15) is 4.39 Å². The van der Waals surface area contributed by atoms with Crippen LogP contribution in [0.4, 0.5) is 10.1 Å². The van der Waals surface area contributed by atoms with Gasteiger partial charge in [-0.15, -0.1) is 24.0 Å². The molecule has 0 aliphatic carbocycles. The molecule has 1 atom stereocenters. The largest absolute Gasteiger partial charge is 0.467 e. The zero-order valence-electron chi connectivity index (χ0n) is 17.8. The molecular weight excluding hydrogens is 510 g/mol. The predicted octanol–water partition coefficient (Wildman–Crippen LogP) is 3.69. The van der Waals surface area contributed by atoms with E-state index in [1.165, 1.54) is 17.8 Å². The van der Waals surface area contributed by atoms with E-state index in [4.69, 9.17) is 14.5 Å². The number of hydrogen-bond acceptors (Lipinski definition) is 4. The van der Waals surface area contributed by atoms with Gasteiger partial charge in [0, 0.05) is 43.5 Å². The van der Waals surface area contributed by atoms with E-state index in [2.05, 4.69) is 46.7 Å². The average molecular weight is 540 g/mol. The molecule has 168 valence electrons. The fraction of sp³-hybridized carbons (Fsp3) is 0.435. The van der Waals surface area contributed by atoms with Gasteiger partial charge in [-0.25, -0.2) is 4.39 Å². The van der Waals surface area contributed by atoms with Gasteiger partial charge in [0.15, 0.2) is 12.8 Å². The lowest BCUT2D eigenvalue weighted by Crippen LogP contribution is -2.44. The highest BCUT2D eigenvalue weighted by Crippen LogP contribution is 2.29. The van der Waals surface area contributed by atoms with Crippen molar-refractivity contribution in [1.82, 2.24) is 10.6 Å². The summed E-state index contributed by atoms with van der Waals surface area (Å²) in [7, 11) is 0. The summed E-state index contributed by atoms with van der Waals surface area (Å²) in [5.74, 6) is 1.27. The molecule has 1 unspecified atom stereocenters. The van der Waals surface area contributed by atoms with Crippen LogP contribution >= 0.6 is 24.0 Å². The van der Waals surface area contributed by atoms with Gasteiger partial charge in [-0.2, -0.15) is 0 Å². The van der Waals surface area contributed by atoms with Crippen molar-refractivity contribution in [2.45, 2.75) is 32.4 Å². The minimum Gasteiger partial charge on any atom is -0.467 e. The summed E-state index contributed by atoms with van der Waals surface area (Å²) < 4.78 is 24.8. The van der Waals surface area contributed by atoms with Gasteiger partial charge in [0.05, 0.1) is 6.61 Å². The van der Waals surface area contributed by atoms with E-state index in [-0.39, 0.29) is 36.6 Å². The van der Waals surface area contributed by atoms with Crippen LogP contribution < -0.4 is 20.3 Å². The van der Waals surface area contributed by atoms with Crippen molar-refractivity contribution >= 4 is 35.6 Å². The number of rotatable bonds is 6. The molecule has 0 saturated carbocycles. The van der Waals surface area contributed by atoms with Crippen LogP contribution in [-0.2, 0) is 17.8 Å². The van der Waals surface area contributed by atoms with E-state index in [1.54, 1.807) is 0 Å². The van der Waals surface area contributed by atoms with Crippen LogP contribution in [0.5, 0.6) is 5.75 Å². The molecule has 0 radical (unpaired) electrons. The normalized spacial score (nSPS) is 18.1. The monoisotopic (exact) mass is 540 g/mol. The molecule has 2 N–H and O–H groups in total. The van der Waals surface area contributed by atoms with Crippen LogP contribution in [0.1, 0.15) is 24.5 Å². The molecular formula is C23H30FIN4O2. The van der Waals surface area contributed by atoms with Crippen LogP contribution in [0.2, 0.25) is 0 Å². The molecule has 6 nitrogen and oxygen atoms in total. The van der Waals surface area contributed by atoms with Gasteiger partial charge >= 0.3 is 0 Å². The molecule has 1 saturated heterocycles. The minimum atomic E-state index is -0.265. The first kappa shape index (κ1) is 23.6. The van der Waals surface area contributed by atoms with Crippen molar-refractivity contribution in [3.8, 4) is 5.75 Å². The van der Waals surface area contributed by atoms with Crippen LogP contribution in [0, 0.1) is 5.82 Å². The number of halogens is 2. The molecule has 2 aliphatic rings. The van der Waals surface area contributed by atoms with Crippen molar-refractivity contribution in [1.29, 1.82) is 0 Å². The SMILES string of the molecule is CCNC(=NCCc1cc(F)cc2c1OCOC2)NC1CCN(c2ccccc2)C1.I. The Labute approximate surface area is 200 Å². The molecule has 1 fully saturated rings. The van der Waals surface area contributed by atoms with Crippen molar-refractivity contribution in [2.75, 3.05) is 37.9 Å². The Morgan fingerprint density at radius 1 is 1.26 bits per heavy atom. The first-order valence-electron chi connectivity index (χ1n) is 10.6. The van der Waals surface area contributed by atoms with Crippen LogP contribution in [0.15, 0.2) is 47.5 Å². The molecule has 8 heteroatoms. The van der Waals surface area contributed by atoms with Gasteiger partial charge < -0.3 is 25.0 Å². The zero-order chi connectivity index (χ0) is 20.8. The highest BCUT2D eigenvalue weighted by Gasteiger charge is 2.23. The second-order valence-corrected chi connectivity index (χ2v) is 7.59. The quantitative estimate of drug-likeness (QED) is 0.333. The standard InChI is InChI=1S/C23H29FN4O2.HI/c1-2-25-23(27-20-9-11-28(14-20)21-6-4-3-5-7-21)26-10-8-17-12-19(24)13-18-15-29-16-30-22(17)18;/h3-7,12-13,20H,2,8-11,14-16H2,1H3,(H2,25,26,27);1H. The molecule has 0 spiro atoms. The summed E-state index contributed by atoms with van der Waals surface area (Å²) in [6.07, 6.45) is 1.67. The minimum absolute atomic E-state index is 0. The van der Waals surface area contributed by atoms with E-state index < -0.39 is 0 Å². The van der Waals surface area contributed by atoms with Crippen molar-refractivity contribution in [2.24, 2.45) is 4.99 Å². The number of fused-ring (bicyclic) bond motifs is 1. The van der Waals surface area contributed by atoms with Gasteiger partial charge in [0.1, 0.15) is 11.6 Å². The zero-order valence-corrected chi connectivity index (χ0v) is 20.1. The lowest BCUT2D eigenvalue weighted by atomic mass is 10.1. The number of aliphatic imine (C=N–C) groups is 1. The molecule has 0 amide bonds. The number of anilines is 1. The number of benzene rings is 2. The molecule has 0 aromatic heterocycles. The Balaban J connectivity index is 0.00000272.